The first-order valence-electron chi connectivity index (χ1n) is 12.3. The molecule has 0 saturated carbocycles. The molecule has 0 radical (unpaired) electrons. The van der Waals surface area contributed by atoms with Gasteiger partial charge < -0.3 is 15.5 Å². The second-order valence-corrected chi connectivity index (χ2v) is 9.11. The fraction of sp³-hybridized carbons (Fsp3) is 0.241. The van der Waals surface area contributed by atoms with Crippen LogP contribution in [0, 0.1) is 0 Å². The van der Waals surface area contributed by atoms with E-state index in [1.54, 1.807) is 17.1 Å². The van der Waals surface area contributed by atoms with Crippen molar-refractivity contribution in [1.82, 2.24) is 25.0 Å². The predicted molar refractivity (Wildman–Crippen MR) is 145 cm³/mol. The van der Waals surface area contributed by atoms with Crippen molar-refractivity contribution in [2.45, 2.75) is 26.1 Å². The summed E-state index contributed by atoms with van der Waals surface area (Å²) in [5.74, 6) is -0.0629. The normalized spacial score (nSPS) is 12.7. The number of rotatable bonds is 7. The van der Waals surface area contributed by atoms with Crippen LogP contribution in [0.3, 0.4) is 0 Å². The summed E-state index contributed by atoms with van der Waals surface area (Å²) in [6.45, 7) is 3.43. The number of hydrogen-bond acceptors (Lipinski definition) is 6. The molecule has 8 heteroatoms. The second-order valence-electron chi connectivity index (χ2n) is 9.11. The van der Waals surface area contributed by atoms with Crippen LogP contribution in [0.2, 0.25) is 0 Å². The van der Waals surface area contributed by atoms with Crippen LogP contribution in [0.15, 0.2) is 79.4 Å². The summed E-state index contributed by atoms with van der Waals surface area (Å²) in [7, 11) is 4.03. The summed E-state index contributed by atoms with van der Waals surface area (Å²) in [6, 6.07) is 21.4. The standard InChI is InChI=1S/C19H23N3O.C10H9N3O/c1-20-12-14-4-3-5-16(10-14)19(23)21-18-7-6-15-8-9-22(2)13-17(15)11-18;14-6-10-3-1-2-9(4-10)5-13-8-11-7-12-13/h3-7,10-11,20H,8-9,12-13H2,1-2H3,(H,21,23);1-4,6-8H,5H2. The molecule has 4 aromatic rings. The van der Waals surface area contributed by atoms with Gasteiger partial charge in [-0.2, -0.15) is 5.10 Å². The predicted octanol–water partition coefficient (Wildman–Crippen LogP) is 3.79. The Hall–Kier alpha value is -4.14. The van der Waals surface area contributed by atoms with E-state index < -0.39 is 0 Å². The largest absolute Gasteiger partial charge is 0.322 e. The van der Waals surface area contributed by atoms with E-state index in [1.807, 2.05) is 55.6 Å². The molecule has 3 aromatic carbocycles. The molecule has 8 nitrogen and oxygen atoms in total. The molecule has 5 rings (SSSR count). The molecule has 1 aromatic heterocycles. The number of benzene rings is 3. The number of carbonyl (C=O) groups is 2. The van der Waals surface area contributed by atoms with Crippen molar-refractivity contribution in [3.63, 3.8) is 0 Å². The van der Waals surface area contributed by atoms with Gasteiger partial charge in [0.05, 0.1) is 6.54 Å². The molecular weight excluding hydrogens is 464 g/mol. The number of amides is 1. The number of fused-ring (bicyclic) bond motifs is 1. The van der Waals surface area contributed by atoms with Gasteiger partial charge in [0.2, 0.25) is 0 Å². The highest BCUT2D eigenvalue weighted by Gasteiger charge is 2.14. The highest BCUT2D eigenvalue weighted by Crippen LogP contribution is 2.22. The molecule has 0 spiro atoms. The van der Waals surface area contributed by atoms with Gasteiger partial charge in [-0.05, 0) is 73.1 Å². The minimum Gasteiger partial charge on any atom is -0.322 e. The lowest BCUT2D eigenvalue weighted by Gasteiger charge is -2.25. The first-order valence-corrected chi connectivity index (χ1v) is 12.3. The molecule has 0 aliphatic carbocycles. The van der Waals surface area contributed by atoms with Gasteiger partial charge in [0.15, 0.2) is 0 Å². The smallest absolute Gasteiger partial charge is 0.255 e. The van der Waals surface area contributed by atoms with E-state index in [0.29, 0.717) is 17.7 Å². The van der Waals surface area contributed by atoms with Crippen LogP contribution in [0.5, 0.6) is 0 Å². The number of nitrogens with zero attached hydrogens (tertiary/aromatic N) is 4. The van der Waals surface area contributed by atoms with Crippen LogP contribution in [0.4, 0.5) is 5.69 Å². The van der Waals surface area contributed by atoms with Crippen molar-refractivity contribution < 1.29 is 9.59 Å². The summed E-state index contributed by atoms with van der Waals surface area (Å²) < 4.78 is 1.71. The van der Waals surface area contributed by atoms with Crippen LogP contribution in [-0.2, 0) is 26.1 Å². The lowest BCUT2D eigenvalue weighted by atomic mass is 9.99. The first kappa shape index (κ1) is 25.9. The molecule has 190 valence electrons. The maximum Gasteiger partial charge on any atom is 0.255 e. The molecule has 0 bridgehead atoms. The SMILES string of the molecule is CNCc1cccc(C(=O)Nc2ccc3c(c2)CN(C)CC3)c1.O=Cc1cccc(Cn2cncn2)c1. The zero-order valence-electron chi connectivity index (χ0n) is 21.2. The van der Waals surface area contributed by atoms with Crippen molar-refractivity contribution in [2.75, 3.05) is 26.0 Å². The average molecular weight is 497 g/mol. The third kappa shape index (κ3) is 7.42. The third-order valence-electron chi connectivity index (χ3n) is 6.14. The number of nitrogens with one attached hydrogen (secondary N) is 2. The number of aldehydes is 1. The summed E-state index contributed by atoms with van der Waals surface area (Å²) in [5.41, 5.74) is 7.07. The summed E-state index contributed by atoms with van der Waals surface area (Å²) >= 11 is 0. The molecule has 37 heavy (non-hydrogen) atoms. The van der Waals surface area contributed by atoms with E-state index in [9.17, 15) is 9.59 Å². The highest BCUT2D eigenvalue weighted by atomic mass is 16.1. The van der Waals surface area contributed by atoms with Crippen LogP contribution in [-0.4, -0.2) is 52.5 Å². The summed E-state index contributed by atoms with van der Waals surface area (Å²) in [4.78, 5) is 29.1. The van der Waals surface area contributed by atoms with Gasteiger partial charge in [0, 0.05) is 36.4 Å². The van der Waals surface area contributed by atoms with Crippen molar-refractivity contribution in [1.29, 1.82) is 0 Å². The van der Waals surface area contributed by atoms with E-state index in [0.717, 1.165) is 49.2 Å². The Labute approximate surface area is 217 Å². The molecule has 2 N–H and O–H groups in total. The third-order valence-corrected chi connectivity index (χ3v) is 6.14. The average Bonchev–Trinajstić information content (AvgIpc) is 3.42. The van der Waals surface area contributed by atoms with Gasteiger partial charge >= 0.3 is 0 Å². The zero-order chi connectivity index (χ0) is 26.0. The summed E-state index contributed by atoms with van der Waals surface area (Å²) in [5, 5.41) is 10.1. The Balaban J connectivity index is 0.000000195. The summed E-state index contributed by atoms with van der Waals surface area (Å²) in [6.07, 6.45) is 5.05. The topological polar surface area (TPSA) is 92.2 Å². The number of hydrogen-bond donors (Lipinski definition) is 2. The van der Waals surface area contributed by atoms with Gasteiger partial charge in [0.1, 0.15) is 18.9 Å². The van der Waals surface area contributed by atoms with Gasteiger partial charge in [-0.15, -0.1) is 0 Å². The number of carbonyl (C=O) groups excluding carboxylic acids is 2. The van der Waals surface area contributed by atoms with Crippen LogP contribution >= 0.6 is 0 Å². The number of anilines is 1. The second kappa shape index (κ2) is 12.7. The zero-order valence-corrected chi connectivity index (χ0v) is 21.2. The Morgan fingerprint density at radius 3 is 2.65 bits per heavy atom. The van der Waals surface area contributed by atoms with E-state index in [4.69, 9.17) is 0 Å². The van der Waals surface area contributed by atoms with Crippen molar-refractivity contribution in [2.24, 2.45) is 0 Å². The molecule has 0 fully saturated rings. The van der Waals surface area contributed by atoms with E-state index in [1.165, 1.54) is 17.5 Å². The monoisotopic (exact) mass is 496 g/mol. The van der Waals surface area contributed by atoms with Crippen molar-refractivity contribution >= 4 is 17.9 Å². The van der Waals surface area contributed by atoms with E-state index in [2.05, 4.69) is 44.8 Å². The lowest BCUT2D eigenvalue weighted by molar-refractivity contribution is 0.102. The molecule has 0 unspecified atom stereocenters. The van der Waals surface area contributed by atoms with E-state index in [-0.39, 0.29) is 5.91 Å². The molecule has 0 atom stereocenters. The van der Waals surface area contributed by atoms with Gasteiger partial charge in [-0.1, -0.05) is 36.4 Å². The molecule has 1 aliphatic heterocycles. The van der Waals surface area contributed by atoms with Crippen LogP contribution in [0.25, 0.3) is 0 Å². The molecule has 1 aliphatic rings. The Morgan fingerprint density at radius 1 is 1.03 bits per heavy atom. The van der Waals surface area contributed by atoms with E-state index >= 15 is 0 Å². The van der Waals surface area contributed by atoms with Gasteiger partial charge in [0.25, 0.3) is 5.91 Å². The quantitative estimate of drug-likeness (QED) is 0.378. The van der Waals surface area contributed by atoms with Gasteiger partial charge in [-0.25, -0.2) is 9.67 Å². The van der Waals surface area contributed by atoms with Crippen LogP contribution < -0.4 is 10.6 Å². The Bertz CT molecular complexity index is 1340. The Kier molecular flexibility index (Phi) is 8.91. The van der Waals surface area contributed by atoms with Crippen LogP contribution in [0.1, 0.15) is 43.0 Å². The highest BCUT2D eigenvalue weighted by molar-refractivity contribution is 6.04. The van der Waals surface area contributed by atoms with Gasteiger partial charge in [-0.3, -0.25) is 9.59 Å². The molecule has 0 saturated heterocycles. The number of likely N-dealkylation sites (N-methyl/N-ethyl adjacent to an activating group) is 1. The first-order chi connectivity index (χ1) is 18.0. The number of aromatic nitrogens is 3. The maximum absolute atomic E-state index is 12.5. The fourth-order valence-corrected chi connectivity index (χ4v) is 4.27. The maximum atomic E-state index is 12.5. The minimum atomic E-state index is -0.0629. The Morgan fingerprint density at radius 2 is 1.86 bits per heavy atom. The van der Waals surface area contributed by atoms with Crippen molar-refractivity contribution in [3.8, 4) is 0 Å². The minimum absolute atomic E-state index is 0.0629. The lowest BCUT2D eigenvalue weighted by Crippen LogP contribution is -2.26. The fourth-order valence-electron chi connectivity index (χ4n) is 4.27. The van der Waals surface area contributed by atoms with Crippen molar-refractivity contribution in [3.05, 3.63) is 113 Å². The molecule has 2 heterocycles. The molecule has 1 amide bonds. The molecular formula is C29H32N6O2.